The normalized spacial score (nSPS) is 32.0. The molecule has 1 aliphatic carbocycles. The molecule has 2 unspecified atom stereocenters. The number of sulfonamides is 1. The van der Waals surface area contributed by atoms with Crippen LogP contribution in [0.5, 0.6) is 0 Å². The molecule has 14 heavy (non-hydrogen) atoms. The third-order valence-electron chi connectivity index (χ3n) is 3.18. The standard InChI is InChI=1S/C9H17NO3S/c1-7(11)8-4-5-10(6-8)14(12,13)9-2-3-9/h7-9,11H,2-6H2,1H3. The first-order chi connectivity index (χ1) is 6.51. The van der Waals surface area contributed by atoms with Gasteiger partial charge in [0.2, 0.25) is 10.0 Å². The molecule has 1 aliphatic heterocycles. The van der Waals surface area contributed by atoms with Gasteiger partial charge in [-0.05, 0) is 32.1 Å². The van der Waals surface area contributed by atoms with Crippen LogP contribution in [0.15, 0.2) is 0 Å². The molecule has 4 nitrogen and oxygen atoms in total. The molecule has 5 heteroatoms. The molecule has 2 aliphatic rings. The molecule has 1 saturated heterocycles. The van der Waals surface area contributed by atoms with Crippen LogP contribution in [0.3, 0.4) is 0 Å². The highest BCUT2D eigenvalue weighted by molar-refractivity contribution is 7.90. The van der Waals surface area contributed by atoms with Crippen LogP contribution in [-0.4, -0.2) is 42.3 Å². The zero-order valence-corrected chi connectivity index (χ0v) is 9.20. The van der Waals surface area contributed by atoms with E-state index in [4.69, 9.17) is 0 Å². The van der Waals surface area contributed by atoms with Crippen LogP contribution in [-0.2, 0) is 10.0 Å². The molecule has 0 amide bonds. The van der Waals surface area contributed by atoms with Gasteiger partial charge < -0.3 is 5.11 Å². The Labute approximate surface area is 85.0 Å². The van der Waals surface area contributed by atoms with Crippen LogP contribution in [0, 0.1) is 5.92 Å². The van der Waals surface area contributed by atoms with Gasteiger partial charge in [0.1, 0.15) is 0 Å². The Morgan fingerprint density at radius 3 is 2.43 bits per heavy atom. The Morgan fingerprint density at radius 2 is 2.00 bits per heavy atom. The molecule has 2 atom stereocenters. The predicted octanol–water partition coefficient (Wildman–Crippen LogP) is 0.181. The van der Waals surface area contributed by atoms with E-state index in [0.717, 1.165) is 19.3 Å². The minimum absolute atomic E-state index is 0.116. The zero-order valence-electron chi connectivity index (χ0n) is 8.39. The Hall–Kier alpha value is -0.130. The smallest absolute Gasteiger partial charge is 0.216 e. The van der Waals surface area contributed by atoms with E-state index in [2.05, 4.69) is 0 Å². The van der Waals surface area contributed by atoms with Crippen molar-refractivity contribution < 1.29 is 13.5 Å². The van der Waals surface area contributed by atoms with E-state index in [0.29, 0.717) is 13.1 Å². The lowest BCUT2D eigenvalue weighted by Gasteiger charge is -2.17. The van der Waals surface area contributed by atoms with Crippen LogP contribution >= 0.6 is 0 Å². The largest absolute Gasteiger partial charge is 0.393 e. The average molecular weight is 219 g/mol. The third-order valence-corrected chi connectivity index (χ3v) is 5.54. The van der Waals surface area contributed by atoms with E-state index in [1.807, 2.05) is 0 Å². The van der Waals surface area contributed by atoms with Gasteiger partial charge in [-0.3, -0.25) is 0 Å². The second-order valence-corrected chi connectivity index (χ2v) is 6.60. The first-order valence-corrected chi connectivity index (χ1v) is 6.69. The molecule has 1 heterocycles. The Balaban J connectivity index is 2.01. The van der Waals surface area contributed by atoms with Crippen molar-refractivity contribution in [2.75, 3.05) is 13.1 Å². The maximum atomic E-state index is 11.8. The fraction of sp³-hybridized carbons (Fsp3) is 1.00. The summed E-state index contributed by atoms with van der Waals surface area (Å²) >= 11 is 0. The quantitative estimate of drug-likeness (QED) is 0.736. The van der Waals surface area contributed by atoms with Crippen molar-refractivity contribution in [1.82, 2.24) is 4.31 Å². The number of aliphatic hydroxyl groups excluding tert-OH is 1. The summed E-state index contributed by atoms with van der Waals surface area (Å²) in [5.41, 5.74) is 0. The molecule has 82 valence electrons. The van der Waals surface area contributed by atoms with Crippen LogP contribution in [0.25, 0.3) is 0 Å². The van der Waals surface area contributed by atoms with Crippen molar-refractivity contribution in [3.8, 4) is 0 Å². The summed E-state index contributed by atoms with van der Waals surface area (Å²) in [5, 5.41) is 9.25. The summed E-state index contributed by atoms with van der Waals surface area (Å²) in [5.74, 6) is 0.128. The summed E-state index contributed by atoms with van der Waals surface area (Å²) in [6.07, 6.45) is 2.04. The lowest BCUT2D eigenvalue weighted by Crippen LogP contribution is -2.32. The second-order valence-electron chi connectivity index (χ2n) is 4.39. The fourth-order valence-corrected chi connectivity index (χ4v) is 3.87. The van der Waals surface area contributed by atoms with Crippen molar-refractivity contribution in [2.24, 2.45) is 5.92 Å². The molecule has 0 aromatic carbocycles. The highest BCUT2D eigenvalue weighted by Gasteiger charge is 2.43. The molecule has 0 bridgehead atoms. The molecule has 2 fully saturated rings. The molecule has 1 N–H and O–H groups in total. The molecule has 0 aromatic heterocycles. The van der Waals surface area contributed by atoms with Gasteiger partial charge in [0.05, 0.1) is 11.4 Å². The lowest BCUT2D eigenvalue weighted by molar-refractivity contribution is 0.133. The van der Waals surface area contributed by atoms with Gasteiger partial charge >= 0.3 is 0 Å². The van der Waals surface area contributed by atoms with Gasteiger partial charge in [-0.25, -0.2) is 12.7 Å². The Bertz CT molecular complexity index is 308. The summed E-state index contributed by atoms with van der Waals surface area (Å²) < 4.78 is 25.2. The minimum Gasteiger partial charge on any atom is -0.393 e. The second kappa shape index (κ2) is 3.47. The van der Waals surface area contributed by atoms with Crippen LogP contribution in [0.2, 0.25) is 0 Å². The van der Waals surface area contributed by atoms with E-state index in [1.165, 1.54) is 0 Å². The van der Waals surface area contributed by atoms with E-state index < -0.39 is 16.1 Å². The molecule has 1 saturated carbocycles. The highest BCUT2D eigenvalue weighted by Crippen LogP contribution is 2.34. The van der Waals surface area contributed by atoms with Crippen LogP contribution in [0.4, 0.5) is 0 Å². The fourth-order valence-electron chi connectivity index (χ4n) is 1.96. The number of hydrogen-bond donors (Lipinski definition) is 1. The van der Waals surface area contributed by atoms with E-state index in [9.17, 15) is 13.5 Å². The first kappa shape index (κ1) is 10.4. The van der Waals surface area contributed by atoms with Crippen molar-refractivity contribution in [2.45, 2.75) is 37.5 Å². The molecular formula is C9H17NO3S. The SMILES string of the molecule is CC(O)C1CCN(S(=O)(=O)C2CC2)C1. The Kier molecular flexibility index (Phi) is 2.57. The van der Waals surface area contributed by atoms with Crippen molar-refractivity contribution in [3.63, 3.8) is 0 Å². The molecule has 0 aromatic rings. The average Bonchev–Trinajstić information content (AvgIpc) is 2.82. The number of rotatable bonds is 3. The Morgan fingerprint density at radius 1 is 1.36 bits per heavy atom. The molecular weight excluding hydrogens is 202 g/mol. The summed E-state index contributed by atoms with van der Waals surface area (Å²) in [7, 11) is -3.01. The highest BCUT2D eigenvalue weighted by atomic mass is 32.2. The molecule has 2 rings (SSSR count). The van der Waals surface area contributed by atoms with Gasteiger partial charge in [0.25, 0.3) is 0 Å². The van der Waals surface area contributed by atoms with E-state index in [-0.39, 0.29) is 11.2 Å². The molecule has 0 radical (unpaired) electrons. The maximum Gasteiger partial charge on any atom is 0.216 e. The summed E-state index contributed by atoms with van der Waals surface area (Å²) in [4.78, 5) is 0. The topological polar surface area (TPSA) is 57.6 Å². The first-order valence-electron chi connectivity index (χ1n) is 5.19. The minimum atomic E-state index is -3.01. The number of nitrogens with zero attached hydrogens (tertiary/aromatic N) is 1. The van der Waals surface area contributed by atoms with E-state index in [1.54, 1.807) is 11.2 Å². The maximum absolute atomic E-state index is 11.8. The predicted molar refractivity (Wildman–Crippen MR) is 53.3 cm³/mol. The van der Waals surface area contributed by atoms with Gasteiger partial charge in [-0.1, -0.05) is 0 Å². The van der Waals surface area contributed by atoms with Crippen LogP contribution < -0.4 is 0 Å². The van der Waals surface area contributed by atoms with Gasteiger partial charge in [0, 0.05) is 13.1 Å². The monoisotopic (exact) mass is 219 g/mol. The van der Waals surface area contributed by atoms with Gasteiger partial charge in [-0.2, -0.15) is 0 Å². The van der Waals surface area contributed by atoms with Crippen molar-refractivity contribution in [1.29, 1.82) is 0 Å². The number of aliphatic hydroxyl groups is 1. The van der Waals surface area contributed by atoms with Crippen molar-refractivity contribution >= 4 is 10.0 Å². The third kappa shape index (κ3) is 1.81. The van der Waals surface area contributed by atoms with Crippen LogP contribution in [0.1, 0.15) is 26.2 Å². The van der Waals surface area contributed by atoms with Gasteiger partial charge in [-0.15, -0.1) is 0 Å². The number of hydrogen-bond acceptors (Lipinski definition) is 3. The summed E-state index contributed by atoms with van der Waals surface area (Å²) in [6, 6.07) is 0. The summed E-state index contributed by atoms with van der Waals surface area (Å²) in [6.45, 7) is 2.84. The molecule has 0 spiro atoms. The zero-order chi connectivity index (χ0) is 10.3. The van der Waals surface area contributed by atoms with Gasteiger partial charge in [0.15, 0.2) is 0 Å². The lowest BCUT2D eigenvalue weighted by atomic mass is 10.0. The van der Waals surface area contributed by atoms with Crippen molar-refractivity contribution in [3.05, 3.63) is 0 Å². The van der Waals surface area contributed by atoms with E-state index >= 15 is 0 Å².